The Morgan fingerprint density at radius 2 is 2.00 bits per heavy atom. The molecule has 32 heavy (non-hydrogen) atoms. The molecule has 0 saturated carbocycles. The number of carbonyl (C=O) groups is 1. The third-order valence-electron chi connectivity index (χ3n) is 6.12. The molecule has 1 aromatic heterocycles. The lowest BCUT2D eigenvalue weighted by atomic mass is 10.0. The maximum absolute atomic E-state index is 12.7. The number of aromatic amines is 1. The zero-order valence-corrected chi connectivity index (χ0v) is 19.0. The molecule has 1 saturated heterocycles. The van der Waals surface area contributed by atoms with Crippen LogP contribution in [0.1, 0.15) is 36.5 Å². The predicted molar refractivity (Wildman–Crippen MR) is 127 cm³/mol. The maximum atomic E-state index is 12.7. The average molecular weight is 453 g/mol. The number of sulfone groups is 1. The number of nitrogens with one attached hydrogen (secondary N) is 1. The second-order valence-corrected chi connectivity index (χ2v) is 10.4. The van der Waals surface area contributed by atoms with Crippen LogP contribution < -0.4 is 0 Å². The van der Waals surface area contributed by atoms with Crippen LogP contribution in [0, 0.1) is 0 Å². The number of nitrogens with zero attached hydrogens (tertiary/aromatic N) is 1. The van der Waals surface area contributed by atoms with Gasteiger partial charge in [-0.25, -0.2) is 13.2 Å². The molecule has 1 unspecified atom stereocenters. The molecular formula is C25H28N2O4S. The molecule has 7 heteroatoms. The Hall–Kier alpha value is -3.06. The van der Waals surface area contributed by atoms with Crippen molar-refractivity contribution in [3.05, 3.63) is 78.0 Å². The summed E-state index contributed by atoms with van der Waals surface area (Å²) >= 11 is 0. The molecule has 1 amide bonds. The summed E-state index contributed by atoms with van der Waals surface area (Å²) in [6.07, 6.45) is 4.17. The number of fused-ring (bicyclic) bond motifs is 1. The third kappa shape index (κ3) is 4.58. The number of ether oxygens (including phenoxy) is 1. The van der Waals surface area contributed by atoms with Crippen molar-refractivity contribution in [2.45, 2.75) is 38.8 Å². The number of amides is 1. The van der Waals surface area contributed by atoms with Gasteiger partial charge in [0.05, 0.1) is 10.7 Å². The largest absolute Gasteiger partial charge is 0.445 e. The van der Waals surface area contributed by atoms with Crippen LogP contribution in [0.5, 0.6) is 0 Å². The molecule has 3 aromatic rings. The maximum Gasteiger partial charge on any atom is 0.410 e. The monoisotopic (exact) mass is 452 g/mol. The molecule has 1 fully saturated rings. The minimum atomic E-state index is -3.36. The van der Waals surface area contributed by atoms with Gasteiger partial charge in [0.25, 0.3) is 0 Å². The van der Waals surface area contributed by atoms with E-state index in [1.165, 1.54) is 0 Å². The van der Waals surface area contributed by atoms with Crippen molar-refractivity contribution < 1.29 is 17.9 Å². The lowest BCUT2D eigenvalue weighted by molar-refractivity contribution is 0.0921. The summed E-state index contributed by atoms with van der Waals surface area (Å²) in [5.74, 6) is 0.0198. The van der Waals surface area contributed by atoms with Gasteiger partial charge in [-0.3, -0.25) is 0 Å². The van der Waals surface area contributed by atoms with Gasteiger partial charge < -0.3 is 14.6 Å². The summed E-state index contributed by atoms with van der Waals surface area (Å²) in [5, 5.41) is 0.958. The summed E-state index contributed by atoms with van der Waals surface area (Å²) in [6.45, 7) is 6.36. The van der Waals surface area contributed by atoms with Crippen molar-refractivity contribution in [2.24, 2.45) is 0 Å². The van der Waals surface area contributed by atoms with Crippen LogP contribution in [0.15, 0.2) is 61.3 Å². The van der Waals surface area contributed by atoms with E-state index in [2.05, 4.69) is 11.6 Å². The summed E-state index contributed by atoms with van der Waals surface area (Å²) < 4.78 is 30.1. The number of hydrogen-bond donors (Lipinski definition) is 1. The zero-order chi connectivity index (χ0) is 22.7. The Morgan fingerprint density at radius 1 is 1.22 bits per heavy atom. The molecule has 2 heterocycles. The van der Waals surface area contributed by atoms with E-state index in [4.69, 9.17) is 4.74 Å². The number of benzene rings is 2. The molecule has 0 aliphatic carbocycles. The van der Waals surface area contributed by atoms with Gasteiger partial charge in [-0.05, 0) is 48.1 Å². The minimum absolute atomic E-state index is 0.0198. The van der Waals surface area contributed by atoms with E-state index in [-0.39, 0.29) is 29.4 Å². The fourth-order valence-corrected chi connectivity index (χ4v) is 5.05. The van der Waals surface area contributed by atoms with Crippen molar-refractivity contribution in [3.8, 4) is 0 Å². The minimum Gasteiger partial charge on any atom is -0.445 e. The highest BCUT2D eigenvalue weighted by Gasteiger charge is 2.30. The van der Waals surface area contributed by atoms with Crippen molar-refractivity contribution in [3.63, 3.8) is 0 Å². The average Bonchev–Trinajstić information content (AvgIpc) is 3.44. The summed E-state index contributed by atoms with van der Waals surface area (Å²) in [7, 11) is -3.36. The summed E-state index contributed by atoms with van der Waals surface area (Å²) in [4.78, 5) is 17.9. The predicted octanol–water partition coefficient (Wildman–Crippen LogP) is 4.92. The third-order valence-corrected chi connectivity index (χ3v) is 7.86. The highest BCUT2D eigenvalue weighted by atomic mass is 32.2. The van der Waals surface area contributed by atoms with Crippen molar-refractivity contribution in [1.29, 1.82) is 0 Å². The van der Waals surface area contributed by atoms with Crippen LogP contribution in [0.2, 0.25) is 0 Å². The lowest BCUT2D eigenvalue weighted by Crippen LogP contribution is -2.37. The summed E-state index contributed by atoms with van der Waals surface area (Å²) in [6, 6.07) is 15.2. The van der Waals surface area contributed by atoms with E-state index in [1.807, 2.05) is 53.6 Å². The topological polar surface area (TPSA) is 79.5 Å². The number of rotatable bonds is 7. The van der Waals surface area contributed by atoms with Crippen LogP contribution in [-0.2, 0) is 27.6 Å². The molecule has 4 rings (SSSR count). The van der Waals surface area contributed by atoms with Gasteiger partial charge in [0.15, 0.2) is 9.84 Å². The van der Waals surface area contributed by atoms with Crippen LogP contribution in [-0.4, -0.2) is 42.7 Å². The van der Waals surface area contributed by atoms with Crippen LogP contribution >= 0.6 is 0 Å². The second-order valence-electron chi connectivity index (χ2n) is 8.13. The Bertz CT molecular complexity index is 1230. The number of H-pyrrole nitrogens is 1. The van der Waals surface area contributed by atoms with E-state index >= 15 is 0 Å². The van der Waals surface area contributed by atoms with Crippen molar-refractivity contribution in [2.75, 3.05) is 12.3 Å². The van der Waals surface area contributed by atoms with E-state index in [9.17, 15) is 13.2 Å². The first-order chi connectivity index (χ1) is 15.4. The lowest BCUT2D eigenvalue weighted by Gasteiger charge is -2.24. The first-order valence-electron chi connectivity index (χ1n) is 10.9. The normalized spacial score (nSPS) is 16.4. The van der Waals surface area contributed by atoms with E-state index in [0.717, 1.165) is 34.9 Å². The zero-order valence-electron chi connectivity index (χ0n) is 18.2. The quantitative estimate of drug-likeness (QED) is 0.552. The molecule has 1 atom stereocenters. The first kappa shape index (κ1) is 22.1. The van der Waals surface area contributed by atoms with Gasteiger partial charge in [0, 0.05) is 29.7 Å². The van der Waals surface area contributed by atoms with Gasteiger partial charge >= 0.3 is 6.09 Å². The van der Waals surface area contributed by atoms with E-state index in [0.29, 0.717) is 18.5 Å². The number of hydrogen-bond acceptors (Lipinski definition) is 4. The van der Waals surface area contributed by atoms with Gasteiger partial charge in [0.2, 0.25) is 0 Å². The highest BCUT2D eigenvalue weighted by Crippen LogP contribution is 2.29. The Morgan fingerprint density at radius 3 is 2.75 bits per heavy atom. The van der Waals surface area contributed by atoms with Crippen molar-refractivity contribution in [1.82, 2.24) is 9.88 Å². The molecule has 2 aromatic carbocycles. The SMILES string of the molecule is C=C(c1ccc2[nH]cc(CC3CCCN3C(=O)OCc3ccccc3)c2c1)S(=O)(=O)CC. The number of likely N-dealkylation sites (tertiary alicyclic amines) is 1. The summed E-state index contributed by atoms with van der Waals surface area (Å²) in [5.41, 5.74) is 3.55. The van der Waals surface area contributed by atoms with Crippen LogP contribution in [0.4, 0.5) is 4.79 Å². The standard InChI is InChI=1S/C25H28N2O4S/c1-3-32(29,30)18(2)20-11-12-24-23(15-20)21(16-26-24)14-22-10-7-13-27(22)25(28)31-17-19-8-5-4-6-9-19/h4-6,8-9,11-12,15-16,22,26H,2-3,7,10,13-14,17H2,1H3. The fraction of sp³-hybridized carbons (Fsp3) is 0.320. The molecule has 6 nitrogen and oxygen atoms in total. The Kier molecular flexibility index (Phi) is 6.37. The highest BCUT2D eigenvalue weighted by molar-refractivity contribution is 8.00. The van der Waals surface area contributed by atoms with Gasteiger partial charge in [0.1, 0.15) is 6.61 Å². The Balaban J connectivity index is 1.50. The number of carbonyl (C=O) groups excluding carboxylic acids is 1. The van der Waals surface area contributed by atoms with Gasteiger partial charge in [-0.15, -0.1) is 0 Å². The molecule has 1 aliphatic heterocycles. The van der Waals surface area contributed by atoms with E-state index in [1.54, 1.807) is 13.0 Å². The second kappa shape index (κ2) is 9.20. The van der Waals surface area contributed by atoms with E-state index < -0.39 is 9.84 Å². The van der Waals surface area contributed by atoms with Crippen molar-refractivity contribution >= 4 is 31.7 Å². The molecular weight excluding hydrogens is 424 g/mol. The molecule has 1 N–H and O–H groups in total. The van der Waals surface area contributed by atoms with Gasteiger partial charge in [-0.2, -0.15) is 0 Å². The van der Waals surface area contributed by atoms with Gasteiger partial charge in [-0.1, -0.05) is 49.9 Å². The molecule has 168 valence electrons. The fourth-order valence-electron chi connectivity index (χ4n) is 4.22. The molecule has 0 spiro atoms. The molecule has 0 radical (unpaired) electrons. The number of aromatic nitrogens is 1. The first-order valence-corrected chi connectivity index (χ1v) is 12.5. The molecule has 1 aliphatic rings. The Labute approximate surface area is 188 Å². The molecule has 0 bridgehead atoms. The smallest absolute Gasteiger partial charge is 0.410 e. The van der Waals surface area contributed by atoms with Crippen LogP contribution in [0.25, 0.3) is 15.8 Å². The van der Waals surface area contributed by atoms with Crippen LogP contribution in [0.3, 0.4) is 0 Å².